The number of nitrogens with two attached hydrogens (primary N) is 1. The zero-order chi connectivity index (χ0) is 14.9. The highest BCUT2D eigenvalue weighted by Gasteiger charge is 2.17. The molecule has 20 heavy (non-hydrogen) atoms. The number of nitrogen functional groups attached to an aromatic ring is 1. The molecule has 104 valence electrons. The molecule has 0 saturated carbocycles. The van der Waals surface area contributed by atoms with Crippen LogP contribution in [0.2, 0.25) is 10.0 Å². The van der Waals surface area contributed by atoms with Crippen molar-refractivity contribution >= 4 is 40.5 Å². The maximum atomic E-state index is 13.6. The Labute approximate surface area is 123 Å². The number of halogens is 4. The summed E-state index contributed by atoms with van der Waals surface area (Å²) >= 11 is 11.3. The zero-order valence-corrected chi connectivity index (χ0v) is 11.4. The van der Waals surface area contributed by atoms with Gasteiger partial charge >= 0.3 is 0 Å². The van der Waals surface area contributed by atoms with Gasteiger partial charge in [-0.2, -0.15) is 0 Å². The third kappa shape index (κ3) is 2.84. The van der Waals surface area contributed by atoms with Crippen molar-refractivity contribution in [3.05, 3.63) is 57.6 Å². The van der Waals surface area contributed by atoms with Crippen LogP contribution < -0.4 is 11.1 Å². The van der Waals surface area contributed by atoms with Gasteiger partial charge in [0.1, 0.15) is 11.6 Å². The minimum atomic E-state index is -0.945. The van der Waals surface area contributed by atoms with Crippen LogP contribution in [0.1, 0.15) is 10.4 Å². The standard InChI is InChI=1S/C13H8Cl2F2N2O/c14-7-2-1-3-11(18)12(7)19-13(20)6-4-10(17)8(15)5-9(6)16/h1-5H,18H2,(H,19,20). The quantitative estimate of drug-likeness (QED) is 0.647. The molecule has 2 aromatic carbocycles. The summed E-state index contributed by atoms with van der Waals surface area (Å²) in [5, 5.41) is 2.12. The topological polar surface area (TPSA) is 55.1 Å². The molecule has 0 saturated heterocycles. The van der Waals surface area contributed by atoms with Gasteiger partial charge in [0.05, 0.1) is 27.0 Å². The van der Waals surface area contributed by atoms with E-state index in [1.165, 1.54) is 12.1 Å². The van der Waals surface area contributed by atoms with Crippen LogP contribution in [0.4, 0.5) is 20.2 Å². The van der Waals surface area contributed by atoms with Crippen LogP contribution in [0.15, 0.2) is 30.3 Å². The summed E-state index contributed by atoms with van der Waals surface area (Å²) in [5.74, 6) is -2.72. The average molecular weight is 317 g/mol. The van der Waals surface area contributed by atoms with E-state index in [0.29, 0.717) is 6.07 Å². The molecule has 0 heterocycles. The van der Waals surface area contributed by atoms with Gasteiger partial charge < -0.3 is 11.1 Å². The fourth-order valence-corrected chi connectivity index (χ4v) is 1.93. The number of benzene rings is 2. The third-order valence-electron chi connectivity index (χ3n) is 2.54. The minimum absolute atomic E-state index is 0.133. The van der Waals surface area contributed by atoms with Crippen LogP contribution in [0, 0.1) is 11.6 Å². The van der Waals surface area contributed by atoms with Gasteiger partial charge in [0.25, 0.3) is 5.91 Å². The number of nitrogens with one attached hydrogen (secondary N) is 1. The van der Waals surface area contributed by atoms with Crippen molar-refractivity contribution < 1.29 is 13.6 Å². The molecular formula is C13H8Cl2F2N2O. The number of para-hydroxylation sites is 1. The number of rotatable bonds is 2. The van der Waals surface area contributed by atoms with Crippen molar-refractivity contribution in [2.24, 2.45) is 0 Å². The van der Waals surface area contributed by atoms with Gasteiger partial charge in [0, 0.05) is 0 Å². The number of hydrogen-bond donors (Lipinski definition) is 2. The lowest BCUT2D eigenvalue weighted by Crippen LogP contribution is -2.15. The Bertz CT molecular complexity index is 672. The first-order chi connectivity index (χ1) is 9.40. The Morgan fingerprint density at radius 1 is 1.10 bits per heavy atom. The van der Waals surface area contributed by atoms with Crippen molar-refractivity contribution in [3.8, 4) is 0 Å². The maximum Gasteiger partial charge on any atom is 0.258 e. The Morgan fingerprint density at radius 2 is 1.80 bits per heavy atom. The fraction of sp³-hybridized carbons (Fsp3) is 0. The number of hydrogen-bond acceptors (Lipinski definition) is 2. The van der Waals surface area contributed by atoms with Crippen LogP contribution in [0.25, 0.3) is 0 Å². The molecule has 0 unspecified atom stereocenters. The Balaban J connectivity index is 2.36. The Kier molecular flexibility index (Phi) is 4.11. The molecule has 2 rings (SSSR count). The van der Waals surface area contributed by atoms with Crippen LogP contribution in [-0.2, 0) is 0 Å². The maximum absolute atomic E-state index is 13.6. The van der Waals surface area contributed by atoms with E-state index in [1.807, 2.05) is 0 Å². The highest BCUT2D eigenvalue weighted by Crippen LogP contribution is 2.29. The molecule has 0 aliphatic carbocycles. The van der Waals surface area contributed by atoms with Gasteiger partial charge in [-0.15, -0.1) is 0 Å². The summed E-state index contributed by atoms with van der Waals surface area (Å²) in [7, 11) is 0. The number of anilines is 2. The molecule has 0 aromatic heterocycles. The summed E-state index contributed by atoms with van der Waals surface area (Å²) in [6, 6.07) is 6.05. The summed E-state index contributed by atoms with van der Waals surface area (Å²) in [5.41, 5.74) is 5.50. The average Bonchev–Trinajstić information content (AvgIpc) is 2.38. The molecule has 0 fully saturated rings. The molecule has 3 nitrogen and oxygen atoms in total. The van der Waals surface area contributed by atoms with Crippen molar-refractivity contribution in [2.75, 3.05) is 11.1 Å². The van der Waals surface area contributed by atoms with Crippen molar-refractivity contribution in [3.63, 3.8) is 0 Å². The molecule has 0 radical (unpaired) electrons. The van der Waals surface area contributed by atoms with Gasteiger partial charge in [-0.1, -0.05) is 29.3 Å². The van der Waals surface area contributed by atoms with E-state index in [1.54, 1.807) is 6.07 Å². The largest absolute Gasteiger partial charge is 0.397 e. The van der Waals surface area contributed by atoms with Crippen molar-refractivity contribution in [2.45, 2.75) is 0 Å². The number of carbonyl (C=O) groups is 1. The van der Waals surface area contributed by atoms with Gasteiger partial charge in [-0.25, -0.2) is 8.78 Å². The van der Waals surface area contributed by atoms with Gasteiger partial charge in [0.2, 0.25) is 0 Å². The minimum Gasteiger partial charge on any atom is -0.397 e. The summed E-state index contributed by atoms with van der Waals surface area (Å²) in [6.45, 7) is 0. The molecule has 0 aliphatic rings. The van der Waals surface area contributed by atoms with Crippen LogP contribution in [0.5, 0.6) is 0 Å². The predicted molar refractivity (Wildman–Crippen MR) is 75.2 cm³/mol. The van der Waals surface area contributed by atoms with Crippen LogP contribution in [-0.4, -0.2) is 5.91 Å². The fourth-order valence-electron chi connectivity index (χ4n) is 1.55. The summed E-state index contributed by atoms with van der Waals surface area (Å²) in [6.07, 6.45) is 0. The third-order valence-corrected chi connectivity index (χ3v) is 3.14. The summed E-state index contributed by atoms with van der Waals surface area (Å²) < 4.78 is 26.9. The smallest absolute Gasteiger partial charge is 0.258 e. The van der Waals surface area contributed by atoms with E-state index in [-0.39, 0.29) is 16.4 Å². The molecule has 3 N–H and O–H groups in total. The Morgan fingerprint density at radius 3 is 2.45 bits per heavy atom. The van der Waals surface area contributed by atoms with E-state index >= 15 is 0 Å². The first-order valence-corrected chi connectivity index (χ1v) is 6.15. The molecule has 0 aliphatic heterocycles. The van der Waals surface area contributed by atoms with Gasteiger partial charge in [-0.05, 0) is 24.3 Å². The Hall–Kier alpha value is -1.85. The first kappa shape index (κ1) is 14.6. The van der Waals surface area contributed by atoms with E-state index < -0.39 is 28.1 Å². The molecule has 7 heteroatoms. The summed E-state index contributed by atoms with van der Waals surface area (Å²) in [4.78, 5) is 11.9. The van der Waals surface area contributed by atoms with Crippen LogP contribution >= 0.6 is 23.2 Å². The highest BCUT2D eigenvalue weighted by molar-refractivity contribution is 6.34. The molecule has 2 aromatic rings. The molecule has 0 spiro atoms. The number of carbonyl (C=O) groups excluding carboxylic acids is 1. The first-order valence-electron chi connectivity index (χ1n) is 5.40. The molecule has 0 bridgehead atoms. The predicted octanol–water partition coefficient (Wildman–Crippen LogP) is 4.11. The monoisotopic (exact) mass is 316 g/mol. The second-order valence-electron chi connectivity index (χ2n) is 3.90. The highest BCUT2D eigenvalue weighted by atomic mass is 35.5. The SMILES string of the molecule is Nc1cccc(Cl)c1NC(=O)c1cc(F)c(Cl)cc1F. The van der Waals surface area contributed by atoms with Crippen molar-refractivity contribution in [1.82, 2.24) is 0 Å². The van der Waals surface area contributed by atoms with Gasteiger partial charge in [-0.3, -0.25) is 4.79 Å². The lowest BCUT2D eigenvalue weighted by atomic mass is 10.1. The van der Waals surface area contributed by atoms with E-state index in [9.17, 15) is 13.6 Å². The number of amides is 1. The zero-order valence-electron chi connectivity index (χ0n) is 9.88. The lowest BCUT2D eigenvalue weighted by Gasteiger charge is -2.10. The molecular weight excluding hydrogens is 309 g/mol. The molecule has 1 amide bonds. The second-order valence-corrected chi connectivity index (χ2v) is 4.72. The second kappa shape index (κ2) is 5.64. The van der Waals surface area contributed by atoms with Gasteiger partial charge in [0.15, 0.2) is 0 Å². The van der Waals surface area contributed by atoms with E-state index in [2.05, 4.69) is 5.32 Å². The van der Waals surface area contributed by atoms with E-state index in [0.717, 1.165) is 6.07 Å². The lowest BCUT2D eigenvalue weighted by molar-refractivity contribution is 0.102. The molecule has 0 atom stereocenters. The van der Waals surface area contributed by atoms with Crippen LogP contribution in [0.3, 0.4) is 0 Å². The normalized spacial score (nSPS) is 10.4. The van der Waals surface area contributed by atoms with E-state index in [4.69, 9.17) is 28.9 Å². The van der Waals surface area contributed by atoms with Crippen molar-refractivity contribution in [1.29, 1.82) is 0 Å².